The highest BCUT2D eigenvalue weighted by Gasteiger charge is 2.32. The molecule has 1 atom stereocenters. The van der Waals surface area contributed by atoms with Gasteiger partial charge in [-0.2, -0.15) is 0 Å². The van der Waals surface area contributed by atoms with Crippen molar-refractivity contribution in [3.63, 3.8) is 0 Å². The maximum absolute atomic E-state index is 2.43. The number of hydrogen-bond donors (Lipinski definition) is 0. The molecule has 8 aromatic rings. The van der Waals surface area contributed by atoms with Crippen LogP contribution in [0, 0.1) is 5.92 Å². The number of hydrogen-bond acceptors (Lipinski definition) is 1. The Balaban J connectivity index is 1.14. The lowest BCUT2D eigenvalue weighted by molar-refractivity contribution is 0.810. The summed E-state index contributed by atoms with van der Waals surface area (Å²) in [5.74, 6) is 0.173. The molecule has 0 fully saturated rings. The maximum atomic E-state index is 2.43. The zero-order chi connectivity index (χ0) is 36.6. The quantitative estimate of drug-likeness (QED) is 0.154. The molecule has 55 heavy (non-hydrogen) atoms. The van der Waals surface area contributed by atoms with Crippen LogP contribution in [0.4, 0.5) is 0 Å². The van der Waals surface area contributed by atoms with E-state index < -0.39 is 0 Å². The average Bonchev–Trinajstić information content (AvgIpc) is 3.77. The Bertz CT molecular complexity index is 2870. The molecule has 0 bridgehead atoms. The van der Waals surface area contributed by atoms with Crippen LogP contribution in [0.25, 0.3) is 59.9 Å². The van der Waals surface area contributed by atoms with Gasteiger partial charge in [-0.25, -0.2) is 0 Å². The predicted octanol–water partition coefficient (Wildman–Crippen LogP) is 12.9. The zero-order valence-corrected chi connectivity index (χ0v) is 31.2. The number of benzene rings is 7. The normalized spacial score (nSPS) is 14.8. The van der Waals surface area contributed by atoms with Gasteiger partial charge in [-0.1, -0.05) is 182 Å². The van der Waals surface area contributed by atoms with Crippen molar-refractivity contribution in [3.8, 4) is 43.1 Å². The van der Waals surface area contributed by atoms with Crippen LogP contribution in [-0.4, -0.2) is 0 Å². The van der Waals surface area contributed by atoms with Gasteiger partial charge in [0.2, 0.25) is 0 Å². The van der Waals surface area contributed by atoms with Gasteiger partial charge >= 0.3 is 0 Å². The summed E-state index contributed by atoms with van der Waals surface area (Å²) in [6.45, 7) is 0. The summed E-state index contributed by atoms with van der Waals surface area (Å²) in [4.78, 5) is 2.58. The molecule has 1 aromatic heterocycles. The Morgan fingerprint density at radius 1 is 0.345 bits per heavy atom. The molecular weight excluding hydrogens is 681 g/mol. The minimum Gasteiger partial charge on any atom is -0.135 e. The second kappa shape index (κ2) is 14.4. The van der Waals surface area contributed by atoms with Crippen LogP contribution in [0.15, 0.2) is 218 Å². The third-order valence-corrected chi connectivity index (χ3v) is 12.3. The molecule has 0 aliphatic heterocycles. The summed E-state index contributed by atoms with van der Waals surface area (Å²) in [6, 6.07) is 73.3. The number of thiophene rings is 1. The highest BCUT2D eigenvalue weighted by molar-refractivity contribution is 7.18. The fraction of sp³-hybridized carbons (Fsp3) is 0.0370. The Hall–Kier alpha value is -6.54. The first-order valence-corrected chi connectivity index (χ1v) is 19.9. The first-order valence-electron chi connectivity index (χ1n) is 19.1. The number of rotatable bonds is 7. The molecule has 260 valence electrons. The monoisotopic (exact) mass is 718 g/mol. The van der Waals surface area contributed by atoms with Crippen LogP contribution in [0.3, 0.4) is 0 Å². The van der Waals surface area contributed by atoms with Crippen molar-refractivity contribution in [2.45, 2.75) is 6.42 Å². The Kier molecular flexibility index (Phi) is 8.63. The Labute approximate surface area is 327 Å². The van der Waals surface area contributed by atoms with E-state index in [0.717, 1.165) is 6.42 Å². The van der Waals surface area contributed by atoms with Gasteiger partial charge in [-0.05, 0) is 120 Å². The molecule has 2 aliphatic rings. The highest BCUT2D eigenvalue weighted by Crippen LogP contribution is 2.46. The average molecular weight is 719 g/mol. The molecular formula is C54H38S. The van der Waals surface area contributed by atoms with Gasteiger partial charge in [0.1, 0.15) is 0 Å². The SMILES string of the molecule is C1=C(c2cccc(-c3ccc(-c4ccccc4)s3)c2)CC2C(=C1)C(c1cccc(-c3ccccc3)c1)=c1ccccc1=C2c1cccc(-c2ccccc2)c1. The van der Waals surface area contributed by atoms with Crippen LogP contribution < -0.4 is 10.4 Å². The summed E-state index contributed by atoms with van der Waals surface area (Å²) in [5, 5.41) is 2.61. The van der Waals surface area contributed by atoms with Crippen LogP contribution in [-0.2, 0) is 0 Å². The molecule has 0 saturated heterocycles. The smallest absolute Gasteiger partial charge is 0.0349 e. The fourth-order valence-corrected chi connectivity index (χ4v) is 9.50. The summed E-state index contributed by atoms with van der Waals surface area (Å²) in [5.41, 5.74) is 16.8. The van der Waals surface area contributed by atoms with Crippen LogP contribution in [0.2, 0.25) is 0 Å². The van der Waals surface area contributed by atoms with Gasteiger partial charge in [0.05, 0.1) is 0 Å². The largest absolute Gasteiger partial charge is 0.135 e. The van der Waals surface area contributed by atoms with Crippen molar-refractivity contribution in [2.24, 2.45) is 5.92 Å². The van der Waals surface area contributed by atoms with Gasteiger partial charge in [0.25, 0.3) is 0 Å². The summed E-state index contributed by atoms with van der Waals surface area (Å²) in [7, 11) is 0. The second-order valence-corrected chi connectivity index (χ2v) is 15.5. The van der Waals surface area contributed by atoms with Crippen molar-refractivity contribution < 1.29 is 0 Å². The minimum atomic E-state index is 0.173. The lowest BCUT2D eigenvalue weighted by Crippen LogP contribution is -2.38. The third-order valence-electron chi connectivity index (χ3n) is 11.1. The molecule has 0 nitrogen and oxygen atoms in total. The van der Waals surface area contributed by atoms with E-state index in [1.54, 1.807) is 0 Å². The molecule has 10 rings (SSSR count). The summed E-state index contributed by atoms with van der Waals surface area (Å²) in [6.07, 6.45) is 5.73. The molecule has 1 heteroatoms. The van der Waals surface area contributed by atoms with Crippen molar-refractivity contribution in [2.75, 3.05) is 0 Å². The molecule has 0 radical (unpaired) electrons. The fourth-order valence-electron chi connectivity index (χ4n) is 8.50. The van der Waals surface area contributed by atoms with Crippen molar-refractivity contribution >= 4 is 28.1 Å². The molecule has 0 saturated carbocycles. The standard InChI is InChI=1S/C54H38S/c1-4-15-37(16-5-1)40-21-13-25-45(34-40)53-47-27-10-11-28-48(47)54(46-26-14-22-41(35-46)38-17-6-2-7-18-38)50-36-43(29-30-49(50)53)42-23-12-24-44(33-42)52-32-31-51(55-52)39-19-8-3-9-20-39/h1-35,50H,36H2. The maximum Gasteiger partial charge on any atom is 0.0349 e. The molecule has 1 heterocycles. The molecule has 0 N–H and O–H groups in total. The van der Waals surface area contributed by atoms with Crippen molar-refractivity contribution in [1.29, 1.82) is 0 Å². The van der Waals surface area contributed by atoms with Gasteiger partial charge in [-0.15, -0.1) is 11.3 Å². The summed E-state index contributed by atoms with van der Waals surface area (Å²) >= 11 is 1.86. The van der Waals surface area contributed by atoms with Crippen LogP contribution in [0.1, 0.15) is 23.1 Å². The van der Waals surface area contributed by atoms with E-state index in [-0.39, 0.29) is 5.92 Å². The van der Waals surface area contributed by atoms with Crippen molar-refractivity contribution in [1.82, 2.24) is 0 Å². The first kappa shape index (κ1) is 33.1. The summed E-state index contributed by atoms with van der Waals surface area (Å²) < 4.78 is 0. The van der Waals surface area contributed by atoms with Gasteiger partial charge in [0.15, 0.2) is 0 Å². The van der Waals surface area contributed by atoms with Gasteiger partial charge in [-0.3, -0.25) is 0 Å². The van der Waals surface area contributed by atoms with Gasteiger partial charge in [0, 0.05) is 15.7 Å². The zero-order valence-electron chi connectivity index (χ0n) is 30.4. The van der Waals surface area contributed by atoms with E-state index in [1.165, 1.54) is 92.6 Å². The second-order valence-electron chi connectivity index (χ2n) is 14.4. The van der Waals surface area contributed by atoms with E-state index in [4.69, 9.17) is 0 Å². The lowest BCUT2D eigenvalue weighted by atomic mass is 9.70. The Morgan fingerprint density at radius 2 is 0.818 bits per heavy atom. The van der Waals surface area contributed by atoms with E-state index >= 15 is 0 Å². The minimum absolute atomic E-state index is 0.173. The van der Waals surface area contributed by atoms with E-state index in [1.807, 2.05) is 11.3 Å². The predicted molar refractivity (Wildman–Crippen MR) is 234 cm³/mol. The molecule has 0 amide bonds. The van der Waals surface area contributed by atoms with Crippen LogP contribution in [0.5, 0.6) is 0 Å². The van der Waals surface area contributed by atoms with E-state index in [0.29, 0.717) is 0 Å². The number of fused-ring (bicyclic) bond motifs is 2. The molecule has 0 spiro atoms. The van der Waals surface area contributed by atoms with Crippen molar-refractivity contribution in [3.05, 3.63) is 245 Å². The Morgan fingerprint density at radius 3 is 1.49 bits per heavy atom. The third kappa shape index (κ3) is 6.33. The highest BCUT2D eigenvalue weighted by atomic mass is 32.1. The topological polar surface area (TPSA) is 0 Å². The molecule has 2 aliphatic carbocycles. The van der Waals surface area contributed by atoms with Gasteiger partial charge < -0.3 is 0 Å². The van der Waals surface area contributed by atoms with Crippen LogP contribution >= 0.6 is 11.3 Å². The number of allylic oxidation sites excluding steroid dienone is 4. The lowest BCUT2D eigenvalue weighted by Gasteiger charge is -2.33. The van der Waals surface area contributed by atoms with E-state index in [2.05, 4.69) is 212 Å². The molecule has 1 unspecified atom stereocenters. The molecule has 7 aromatic carbocycles. The first-order chi connectivity index (χ1) is 27.3. The van der Waals surface area contributed by atoms with E-state index in [9.17, 15) is 0 Å².